The van der Waals surface area contributed by atoms with Gasteiger partial charge in [-0.2, -0.15) is 0 Å². The highest BCUT2D eigenvalue weighted by Crippen LogP contribution is 2.29. The van der Waals surface area contributed by atoms with E-state index in [1.165, 1.54) is 89.7 Å². The summed E-state index contributed by atoms with van der Waals surface area (Å²) in [5.41, 5.74) is 6.73. The van der Waals surface area contributed by atoms with Crippen LogP contribution in [0.25, 0.3) is 0 Å². The number of hydrogen-bond acceptors (Lipinski definition) is 7. The summed E-state index contributed by atoms with van der Waals surface area (Å²) in [5.74, 6) is -2.12. The Bertz CT molecular complexity index is 935. The van der Waals surface area contributed by atoms with Crippen LogP contribution in [0.15, 0.2) is 30.3 Å². The number of carbonyl (C=O) groups is 2. The van der Waals surface area contributed by atoms with Crippen LogP contribution in [0.2, 0.25) is 0 Å². The number of unbranched alkanes of at least 4 members (excludes halogenated alkanes) is 15. The van der Waals surface area contributed by atoms with Gasteiger partial charge in [-0.1, -0.05) is 127 Å². The fourth-order valence-electron chi connectivity index (χ4n) is 6.30. The van der Waals surface area contributed by atoms with Crippen molar-refractivity contribution in [2.75, 3.05) is 26.7 Å². The topological polar surface area (TPSA) is 134 Å². The quantitative estimate of drug-likeness (QED) is 0.0717. The van der Waals surface area contributed by atoms with E-state index in [9.17, 15) is 19.8 Å². The Hall–Kier alpha value is -2.04. The van der Waals surface area contributed by atoms with Crippen LogP contribution in [0.1, 0.15) is 134 Å². The van der Waals surface area contributed by atoms with E-state index >= 15 is 0 Å². The number of nitrogens with one attached hydrogen (secondary N) is 1. The number of aliphatic hydroxyl groups excluding tert-OH is 2. The number of carbonyl (C=O) groups excluding carboxylic acids is 2. The third kappa shape index (κ3) is 16.2. The van der Waals surface area contributed by atoms with Gasteiger partial charge in [0.25, 0.3) is 5.91 Å². The number of hydrogen-bond donors (Lipinski definition) is 4. The number of aryl methyl sites for hydroxylation is 1. The lowest BCUT2D eigenvalue weighted by Crippen LogP contribution is -2.65. The van der Waals surface area contributed by atoms with Crippen molar-refractivity contribution < 1.29 is 29.3 Å². The van der Waals surface area contributed by atoms with E-state index in [1.807, 2.05) is 18.2 Å². The van der Waals surface area contributed by atoms with E-state index in [4.69, 9.17) is 15.2 Å². The van der Waals surface area contributed by atoms with Gasteiger partial charge in [-0.25, -0.2) is 0 Å². The number of aliphatic hydroxyl groups is 2. The molecule has 2 rings (SSSR count). The average molecular weight is 648 g/mol. The largest absolute Gasteiger partial charge is 0.390 e. The summed E-state index contributed by atoms with van der Waals surface area (Å²) in [4.78, 5) is 27.3. The van der Waals surface area contributed by atoms with E-state index in [2.05, 4.69) is 24.4 Å². The molecule has 9 heteroatoms. The van der Waals surface area contributed by atoms with Crippen LogP contribution in [0, 0.1) is 0 Å². The Kier molecular flexibility index (Phi) is 21.1. The maximum Gasteiger partial charge on any atom is 0.254 e. The molecule has 1 aliphatic heterocycles. The molecule has 5 N–H and O–H groups in total. The number of nitrogens with two attached hydrogens (primary N) is 1. The van der Waals surface area contributed by atoms with Crippen molar-refractivity contribution in [2.24, 2.45) is 5.73 Å². The minimum Gasteiger partial charge on any atom is -0.390 e. The molecule has 0 radical (unpaired) electrons. The summed E-state index contributed by atoms with van der Waals surface area (Å²) in [6.07, 6.45) is 18.6. The van der Waals surface area contributed by atoms with Crippen molar-refractivity contribution in [2.45, 2.75) is 160 Å². The van der Waals surface area contributed by atoms with Crippen LogP contribution in [-0.2, 0) is 25.5 Å². The maximum atomic E-state index is 13.5. The van der Waals surface area contributed by atoms with Crippen molar-refractivity contribution in [1.29, 1.82) is 0 Å². The zero-order chi connectivity index (χ0) is 33.5. The first-order chi connectivity index (χ1) is 22.3. The number of nitrogens with zero attached hydrogens (tertiary/aromatic N) is 1. The highest BCUT2D eigenvalue weighted by atomic mass is 16.7. The van der Waals surface area contributed by atoms with Gasteiger partial charge in [0.2, 0.25) is 11.8 Å². The molecule has 0 spiro atoms. The van der Waals surface area contributed by atoms with E-state index in [0.29, 0.717) is 13.0 Å². The van der Waals surface area contributed by atoms with Crippen LogP contribution in [0.4, 0.5) is 0 Å². The highest BCUT2D eigenvalue weighted by Gasteiger charge is 2.48. The normalized spacial score (nSPS) is 21.3. The second kappa shape index (κ2) is 24.2. The molecule has 1 heterocycles. The van der Waals surface area contributed by atoms with Crippen molar-refractivity contribution in [3.05, 3.63) is 35.9 Å². The van der Waals surface area contributed by atoms with Gasteiger partial charge in [0.1, 0.15) is 12.2 Å². The van der Waals surface area contributed by atoms with Gasteiger partial charge in [0.05, 0.1) is 19.1 Å². The zero-order valence-corrected chi connectivity index (χ0v) is 28.9. The lowest BCUT2D eigenvalue weighted by Gasteiger charge is -2.45. The number of ether oxygens (including phenoxy) is 2. The lowest BCUT2D eigenvalue weighted by molar-refractivity contribution is -0.322. The summed E-state index contributed by atoms with van der Waals surface area (Å²) < 4.78 is 11.5. The van der Waals surface area contributed by atoms with Gasteiger partial charge < -0.3 is 35.6 Å². The number of benzene rings is 1. The molecule has 0 aromatic heterocycles. The maximum absolute atomic E-state index is 13.5. The minimum absolute atomic E-state index is 0.0132. The Balaban J connectivity index is 1.79. The van der Waals surface area contributed by atoms with Gasteiger partial charge in [-0.05, 0) is 31.2 Å². The van der Waals surface area contributed by atoms with Gasteiger partial charge in [0.15, 0.2) is 0 Å². The first kappa shape index (κ1) is 40.1. The highest BCUT2D eigenvalue weighted by molar-refractivity contribution is 5.78. The molecule has 46 heavy (non-hydrogen) atoms. The second-order valence-electron chi connectivity index (χ2n) is 13.1. The average Bonchev–Trinajstić information content (AvgIpc) is 3.06. The van der Waals surface area contributed by atoms with Crippen LogP contribution in [0.5, 0.6) is 0 Å². The predicted octanol–water partition coefficient (Wildman–Crippen LogP) is 5.99. The van der Waals surface area contributed by atoms with Crippen molar-refractivity contribution in [1.82, 2.24) is 10.2 Å². The molecule has 0 aliphatic carbocycles. The molecule has 1 fully saturated rings. The van der Waals surface area contributed by atoms with Gasteiger partial charge in [0, 0.05) is 26.6 Å². The van der Waals surface area contributed by atoms with Crippen LogP contribution < -0.4 is 11.1 Å². The fraction of sp³-hybridized carbons (Fsp3) is 0.784. The van der Waals surface area contributed by atoms with E-state index in [1.54, 1.807) is 4.90 Å². The smallest absolute Gasteiger partial charge is 0.254 e. The Morgan fingerprint density at radius 3 is 2.00 bits per heavy atom. The molecular formula is C37H65N3O6. The summed E-state index contributed by atoms with van der Waals surface area (Å²) in [6.45, 7) is 2.59. The molecule has 0 saturated carbocycles. The summed E-state index contributed by atoms with van der Waals surface area (Å²) in [7, 11) is 1.36. The van der Waals surface area contributed by atoms with Gasteiger partial charge in [-0.3, -0.25) is 9.59 Å². The molecule has 0 bridgehead atoms. The summed E-state index contributed by atoms with van der Waals surface area (Å²) in [6, 6.07) is 10.3. The number of rotatable bonds is 26. The fourth-order valence-corrected chi connectivity index (χ4v) is 6.30. The molecule has 1 aromatic rings. The van der Waals surface area contributed by atoms with Gasteiger partial charge in [-0.15, -0.1) is 0 Å². The molecule has 1 aliphatic rings. The lowest BCUT2D eigenvalue weighted by atomic mass is 9.98. The predicted molar refractivity (Wildman–Crippen MR) is 184 cm³/mol. The van der Waals surface area contributed by atoms with Crippen molar-refractivity contribution >= 4 is 11.8 Å². The second-order valence-corrected chi connectivity index (χ2v) is 13.1. The third-order valence-electron chi connectivity index (χ3n) is 9.17. The molecule has 4 atom stereocenters. The molecule has 1 saturated heterocycles. The minimum atomic E-state index is -1.63. The van der Waals surface area contributed by atoms with E-state index in [0.717, 1.165) is 38.5 Å². The summed E-state index contributed by atoms with van der Waals surface area (Å²) >= 11 is 0. The van der Waals surface area contributed by atoms with E-state index < -0.39 is 30.1 Å². The van der Waals surface area contributed by atoms with Crippen LogP contribution >= 0.6 is 0 Å². The Morgan fingerprint density at radius 1 is 0.891 bits per heavy atom. The monoisotopic (exact) mass is 647 g/mol. The Morgan fingerprint density at radius 2 is 1.46 bits per heavy atom. The third-order valence-corrected chi connectivity index (χ3v) is 9.17. The first-order valence-electron chi connectivity index (χ1n) is 18.3. The SMILES string of the molecule is CCCCCCCCCCCCCCCCCC(=O)N(CCCCc1ccccc1)C[C@H]1O[C@](NC(=O)CN)(OC)C[C@@H](O)[C@@H]1O. The first-order valence-corrected chi connectivity index (χ1v) is 18.3. The molecule has 1 aromatic carbocycles. The molecular weight excluding hydrogens is 582 g/mol. The van der Waals surface area contributed by atoms with Crippen LogP contribution in [0.3, 0.4) is 0 Å². The van der Waals surface area contributed by atoms with E-state index in [-0.39, 0.29) is 25.4 Å². The Labute approximate surface area is 279 Å². The standard InChI is InChI=1S/C37H65N3O6/c1-3-4-5-6-7-8-9-10-11-12-13-14-15-16-20-26-35(43)40(27-22-21-25-31-23-18-17-19-24-31)30-33-36(44)32(41)28-37(45-2,46-33)39-34(42)29-38/h17-19,23-24,32-33,36,41,44H,3-16,20-22,25-30,38H2,1-2H3,(H,39,42)/t32-,33-,36+,37-/m1/s1. The molecule has 264 valence electrons. The summed E-state index contributed by atoms with van der Waals surface area (Å²) in [5, 5.41) is 24.1. The van der Waals surface area contributed by atoms with Gasteiger partial charge >= 0.3 is 0 Å². The van der Waals surface area contributed by atoms with Crippen LogP contribution in [-0.4, -0.2) is 77.9 Å². The molecule has 2 amide bonds. The van der Waals surface area contributed by atoms with Crippen molar-refractivity contribution in [3.8, 4) is 0 Å². The number of methoxy groups -OCH3 is 1. The zero-order valence-electron chi connectivity index (χ0n) is 28.9. The molecule has 0 unspecified atom stereocenters. The number of amides is 2. The van der Waals surface area contributed by atoms with Crippen molar-refractivity contribution in [3.63, 3.8) is 0 Å². The molecule has 9 nitrogen and oxygen atoms in total.